The van der Waals surface area contributed by atoms with Crippen LogP contribution in [0.25, 0.3) is 0 Å². The number of hydrogen-bond donors (Lipinski definition) is 1. The molecule has 0 unspecified atom stereocenters. The van der Waals surface area contributed by atoms with Crippen molar-refractivity contribution in [2.45, 2.75) is 19.3 Å². The third-order valence-electron chi connectivity index (χ3n) is 3.68. The largest absolute Gasteiger partial charge is 0.496 e. The van der Waals surface area contributed by atoms with Gasteiger partial charge in [0.2, 0.25) is 0 Å². The van der Waals surface area contributed by atoms with Crippen LogP contribution in [0.15, 0.2) is 18.2 Å². The molecule has 0 amide bonds. The minimum absolute atomic E-state index is 0.0298. The van der Waals surface area contributed by atoms with Crippen LogP contribution in [-0.2, 0) is 12.3 Å². The van der Waals surface area contributed by atoms with Gasteiger partial charge in [-0.2, -0.15) is 0 Å². The van der Waals surface area contributed by atoms with E-state index in [4.69, 9.17) is 4.74 Å². The van der Waals surface area contributed by atoms with E-state index in [1.807, 2.05) is 6.07 Å². The van der Waals surface area contributed by atoms with E-state index in [1.165, 1.54) is 13.2 Å². The van der Waals surface area contributed by atoms with Crippen LogP contribution >= 0.6 is 0 Å². The Morgan fingerprint density at radius 3 is 2.60 bits per heavy atom. The normalized spacial score (nSPS) is 17.2. The zero-order valence-corrected chi connectivity index (χ0v) is 12.1. The second-order valence-electron chi connectivity index (χ2n) is 5.23. The van der Waals surface area contributed by atoms with Gasteiger partial charge < -0.3 is 15.0 Å². The van der Waals surface area contributed by atoms with Gasteiger partial charge in [-0.25, -0.2) is 8.78 Å². The van der Waals surface area contributed by atoms with Gasteiger partial charge in [0.15, 0.2) is 0 Å². The molecular weight excluding hydrogens is 262 g/mol. The Bertz CT molecular complexity index is 440. The summed E-state index contributed by atoms with van der Waals surface area (Å²) < 4.78 is 32.4. The van der Waals surface area contributed by atoms with Crippen molar-refractivity contribution in [3.8, 4) is 5.75 Å². The Labute approximate surface area is 118 Å². The first-order chi connectivity index (χ1) is 9.52. The fourth-order valence-corrected chi connectivity index (χ4v) is 2.58. The molecular formula is C15H22F2N2O. The van der Waals surface area contributed by atoms with Crippen LogP contribution in [0.4, 0.5) is 8.78 Å². The van der Waals surface area contributed by atoms with Gasteiger partial charge in [0.05, 0.1) is 12.7 Å². The number of para-hydroxylation sites is 1. The molecule has 1 aliphatic heterocycles. The van der Waals surface area contributed by atoms with Gasteiger partial charge in [0.1, 0.15) is 5.75 Å². The first-order valence-corrected chi connectivity index (χ1v) is 6.99. The van der Waals surface area contributed by atoms with E-state index in [1.54, 1.807) is 6.07 Å². The van der Waals surface area contributed by atoms with E-state index in [-0.39, 0.29) is 5.56 Å². The van der Waals surface area contributed by atoms with Crippen molar-refractivity contribution in [2.24, 2.45) is 0 Å². The summed E-state index contributed by atoms with van der Waals surface area (Å²) in [5.41, 5.74) is 0.822. The third kappa shape index (κ3) is 3.67. The summed E-state index contributed by atoms with van der Waals surface area (Å²) in [5, 5.41) is 3.30. The number of alkyl halides is 2. The summed E-state index contributed by atoms with van der Waals surface area (Å²) in [7, 11) is 1.46. The lowest BCUT2D eigenvalue weighted by atomic mass is 10.0. The Kier molecular flexibility index (Phi) is 4.94. The molecule has 1 heterocycles. The number of methoxy groups -OCH3 is 1. The molecule has 1 saturated heterocycles. The summed E-state index contributed by atoms with van der Waals surface area (Å²) in [6.07, 6.45) is 0.729. The molecule has 20 heavy (non-hydrogen) atoms. The molecule has 0 aliphatic carbocycles. The summed E-state index contributed by atoms with van der Waals surface area (Å²) in [5.74, 6) is -2.55. The van der Waals surface area contributed by atoms with Crippen LogP contribution in [0.3, 0.4) is 0 Å². The number of nitrogens with one attached hydrogen (secondary N) is 1. The Morgan fingerprint density at radius 1 is 1.30 bits per heavy atom. The number of piperazine rings is 1. The molecule has 1 aliphatic rings. The molecule has 0 radical (unpaired) electrons. The molecule has 0 saturated carbocycles. The van der Waals surface area contributed by atoms with Crippen LogP contribution in [-0.4, -0.2) is 44.7 Å². The van der Waals surface area contributed by atoms with Gasteiger partial charge in [-0.3, -0.25) is 0 Å². The molecule has 1 N–H and O–H groups in total. The second-order valence-corrected chi connectivity index (χ2v) is 5.23. The maximum Gasteiger partial charge on any atom is 0.274 e. The Hall–Kier alpha value is -1.20. The van der Waals surface area contributed by atoms with Crippen molar-refractivity contribution in [3.63, 3.8) is 0 Å². The van der Waals surface area contributed by atoms with Crippen LogP contribution in [0, 0.1) is 0 Å². The Morgan fingerprint density at radius 2 is 2.00 bits per heavy atom. The molecule has 2 rings (SSSR count). The molecule has 1 fully saturated rings. The molecule has 112 valence electrons. The number of rotatable bonds is 5. The number of hydrogen-bond acceptors (Lipinski definition) is 3. The number of benzene rings is 1. The van der Waals surface area contributed by atoms with Gasteiger partial charge in [-0.15, -0.1) is 0 Å². The van der Waals surface area contributed by atoms with E-state index in [2.05, 4.69) is 10.2 Å². The smallest absolute Gasteiger partial charge is 0.274 e. The van der Waals surface area contributed by atoms with Crippen LogP contribution in [0.5, 0.6) is 5.75 Å². The van der Waals surface area contributed by atoms with Crippen LogP contribution in [0.1, 0.15) is 18.1 Å². The van der Waals surface area contributed by atoms with Crippen molar-refractivity contribution in [2.75, 3.05) is 39.8 Å². The minimum Gasteiger partial charge on any atom is -0.496 e. The summed E-state index contributed by atoms with van der Waals surface area (Å²) in [6, 6.07) is 4.99. The SMILES string of the molecule is COc1c(CCN2CCNCC2)cccc1C(C)(F)F. The van der Waals surface area contributed by atoms with E-state index < -0.39 is 5.92 Å². The summed E-state index contributed by atoms with van der Waals surface area (Å²) in [4.78, 5) is 2.34. The first kappa shape index (κ1) is 15.2. The maximum atomic E-state index is 13.6. The lowest BCUT2D eigenvalue weighted by Crippen LogP contribution is -2.44. The zero-order chi connectivity index (χ0) is 14.6. The fraction of sp³-hybridized carbons (Fsp3) is 0.600. The lowest BCUT2D eigenvalue weighted by Gasteiger charge is -2.27. The average molecular weight is 284 g/mol. The van der Waals surface area contributed by atoms with Crippen molar-refractivity contribution in [1.82, 2.24) is 10.2 Å². The Balaban J connectivity index is 2.10. The van der Waals surface area contributed by atoms with Crippen LogP contribution in [0.2, 0.25) is 0 Å². The number of nitrogens with zero attached hydrogens (tertiary/aromatic N) is 1. The van der Waals surface area contributed by atoms with Crippen molar-refractivity contribution in [1.29, 1.82) is 0 Å². The fourth-order valence-electron chi connectivity index (χ4n) is 2.58. The van der Waals surface area contributed by atoms with Crippen LogP contribution < -0.4 is 10.1 Å². The predicted octanol–water partition coefficient (Wildman–Crippen LogP) is 2.25. The van der Waals surface area contributed by atoms with Crippen molar-refractivity contribution >= 4 is 0 Å². The standard InChI is InChI=1S/C15H22F2N2O/c1-15(16,17)13-5-3-4-12(14(13)20-2)6-9-19-10-7-18-8-11-19/h3-5,18H,6-11H2,1-2H3. The summed E-state index contributed by atoms with van der Waals surface area (Å²) in [6.45, 7) is 5.77. The number of halogens is 2. The zero-order valence-electron chi connectivity index (χ0n) is 12.1. The first-order valence-electron chi connectivity index (χ1n) is 6.99. The minimum atomic E-state index is -2.88. The molecule has 1 aromatic rings. The second kappa shape index (κ2) is 6.50. The van der Waals surface area contributed by atoms with Gasteiger partial charge in [-0.05, 0) is 18.1 Å². The highest BCUT2D eigenvalue weighted by Crippen LogP contribution is 2.36. The van der Waals surface area contributed by atoms with Gasteiger partial charge in [-0.1, -0.05) is 12.1 Å². The lowest BCUT2D eigenvalue weighted by molar-refractivity contribution is 0.0149. The highest BCUT2D eigenvalue weighted by Gasteiger charge is 2.29. The third-order valence-corrected chi connectivity index (χ3v) is 3.68. The molecule has 0 spiro atoms. The average Bonchev–Trinajstić information content (AvgIpc) is 2.44. The summed E-state index contributed by atoms with van der Waals surface area (Å²) >= 11 is 0. The van der Waals surface area contributed by atoms with E-state index in [0.717, 1.165) is 51.6 Å². The van der Waals surface area contributed by atoms with Gasteiger partial charge in [0.25, 0.3) is 5.92 Å². The molecule has 1 aromatic carbocycles. The monoisotopic (exact) mass is 284 g/mol. The van der Waals surface area contributed by atoms with Crippen molar-refractivity contribution < 1.29 is 13.5 Å². The van der Waals surface area contributed by atoms with E-state index >= 15 is 0 Å². The maximum absolute atomic E-state index is 13.6. The molecule has 5 heteroatoms. The number of ether oxygens (including phenoxy) is 1. The van der Waals surface area contributed by atoms with E-state index in [0.29, 0.717) is 5.75 Å². The highest BCUT2D eigenvalue weighted by molar-refractivity contribution is 5.44. The van der Waals surface area contributed by atoms with Gasteiger partial charge >= 0.3 is 0 Å². The molecule has 0 bridgehead atoms. The molecule has 0 atom stereocenters. The highest BCUT2D eigenvalue weighted by atomic mass is 19.3. The topological polar surface area (TPSA) is 24.5 Å². The quantitative estimate of drug-likeness (QED) is 0.897. The predicted molar refractivity (Wildman–Crippen MR) is 75.6 cm³/mol. The van der Waals surface area contributed by atoms with E-state index in [9.17, 15) is 8.78 Å². The molecule has 0 aromatic heterocycles. The van der Waals surface area contributed by atoms with Crippen molar-refractivity contribution in [3.05, 3.63) is 29.3 Å². The molecule has 3 nitrogen and oxygen atoms in total. The van der Waals surface area contributed by atoms with Gasteiger partial charge in [0, 0.05) is 39.6 Å².